The quantitative estimate of drug-likeness (QED) is 0.239. The van der Waals surface area contributed by atoms with Crippen LogP contribution in [0.1, 0.15) is 97.8 Å². The Bertz CT molecular complexity index is 324. The van der Waals surface area contributed by atoms with E-state index in [4.69, 9.17) is 0 Å². The van der Waals surface area contributed by atoms with E-state index in [0.717, 1.165) is 0 Å². The zero-order chi connectivity index (χ0) is 16.8. The van der Waals surface area contributed by atoms with Gasteiger partial charge in [-0.3, -0.25) is 4.48 Å². The van der Waals surface area contributed by atoms with Gasteiger partial charge in [0.2, 0.25) is 0 Å². The van der Waals surface area contributed by atoms with E-state index in [1.54, 1.807) is 0 Å². The molecule has 0 bridgehead atoms. The highest BCUT2D eigenvalue weighted by molar-refractivity contribution is 5.16. The largest absolute Gasteiger partial charge is 0.294 e. The van der Waals surface area contributed by atoms with E-state index in [2.05, 4.69) is 39.1 Å². The molecule has 0 aromatic heterocycles. The molecule has 1 nitrogen and oxygen atoms in total. The van der Waals surface area contributed by atoms with Crippen LogP contribution in [-0.4, -0.2) is 24.1 Å². The summed E-state index contributed by atoms with van der Waals surface area (Å²) in [7, 11) is 0. The summed E-state index contributed by atoms with van der Waals surface area (Å²) in [5, 5.41) is 0. The van der Waals surface area contributed by atoms with Crippen LogP contribution >= 0.6 is 0 Å². The van der Waals surface area contributed by atoms with Gasteiger partial charge in [0.05, 0.1) is 19.3 Å². The van der Waals surface area contributed by atoms with Crippen LogP contribution in [0.15, 0.2) is 23.9 Å². The van der Waals surface area contributed by atoms with E-state index in [1.807, 2.05) is 0 Å². The van der Waals surface area contributed by atoms with Crippen LogP contribution in [0, 0.1) is 0 Å². The van der Waals surface area contributed by atoms with Gasteiger partial charge in [0, 0.05) is 0 Å². The molecule has 1 aliphatic rings. The highest BCUT2D eigenvalue weighted by atomic mass is 15.3. The van der Waals surface area contributed by atoms with Crippen LogP contribution in [0.2, 0.25) is 0 Å². The number of hydrogen-bond donors (Lipinski definition) is 0. The molecule has 1 heteroatoms. The van der Waals surface area contributed by atoms with E-state index in [0.29, 0.717) is 0 Å². The zero-order valence-corrected chi connectivity index (χ0v) is 16.3. The highest BCUT2D eigenvalue weighted by Gasteiger charge is 2.24. The lowest BCUT2D eigenvalue weighted by molar-refractivity contribution is -0.875. The molecule has 0 saturated heterocycles. The number of nitrogens with zero attached hydrogens (tertiary/aromatic N) is 1. The Hall–Kier alpha value is -0.560. The van der Waals surface area contributed by atoms with Crippen LogP contribution < -0.4 is 0 Å². The maximum absolute atomic E-state index is 2.51. The third-order valence-corrected chi connectivity index (χ3v) is 5.34. The number of allylic oxidation sites excluding steroid dienone is 2. The monoisotopic (exact) mass is 320 g/mol. The SMILES string of the molecule is CCCCCCCC[N+]1(CCCCCCCC)C=CC(C)=CC1. The molecule has 0 unspecified atom stereocenters. The Kier molecular flexibility index (Phi) is 11.4. The Morgan fingerprint density at radius 1 is 0.739 bits per heavy atom. The molecule has 1 rings (SSSR count). The summed E-state index contributed by atoms with van der Waals surface area (Å²) < 4.78 is 1.22. The van der Waals surface area contributed by atoms with Crippen molar-refractivity contribution in [2.75, 3.05) is 19.6 Å². The first-order valence-electron chi connectivity index (χ1n) is 10.4. The summed E-state index contributed by atoms with van der Waals surface area (Å²) in [5.74, 6) is 0. The molecule has 0 atom stereocenters. The first kappa shape index (κ1) is 20.5. The summed E-state index contributed by atoms with van der Waals surface area (Å²) in [4.78, 5) is 0. The van der Waals surface area contributed by atoms with Gasteiger partial charge < -0.3 is 0 Å². The number of quaternary nitrogens is 1. The molecule has 0 saturated carbocycles. The number of unbranched alkanes of at least 4 members (excludes halogenated alkanes) is 10. The molecule has 0 aromatic rings. The van der Waals surface area contributed by atoms with Crippen molar-refractivity contribution >= 4 is 0 Å². The lowest BCUT2D eigenvalue weighted by Gasteiger charge is -2.36. The first-order chi connectivity index (χ1) is 11.2. The Labute approximate surface area is 146 Å². The zero-order valence-electron chi connectivity index (χ0n) is 16.3. The Morgan fingerprint density at radius 2 is 1.22 bits per heavy atom. The number of rotatable bonds is 14. The molecule has 134 valence electrons. The van der Waals surface area contributed by atoms with Gasteiger partial charge in [-0.05, 0) is 50.3 Å². The van der Waals surface area contributed by atoms with Gasteiger partial charge in [-0.15, -0.1) is 0 Å². The summed E-state index contributed by atoms with van der Waals surface area (Å²) in [6, 6.07) is 0. The molecular formula is C22H42N+. The molecule has 0 amide bonds. The van der Waals surface area contributed by atoms with Gasteiger partial charge in [0.25, 0.3) is 0 Å². The fraction of sp³-hybridized carbons (Fsp3) is 0.818. The Morgan fingerprint density at radius 3 is 1.65 bits per heavy atom. The minimum Gasteiger partial charge on any atom is -0.294 e. The summed E-state index contributed by atoms with van der Waals surface area (Å²) in [6.07, 6.45) is 24.2. The molecule has 0 aromatic carbocycles. The first-order valence-corrected chi connectivity index (χ1v) is 10.4. The van der Waals surface area contributed by atoms with Gasteiger partial charge in [0.15, 0.2) is 0 Å². The van der Waals surface area contributed by atoms with Crippen molar-refractivity contribution in [1.82, 2.24) is 0 Å². The van der Waals surface area contributed by atoms with Crippen molar-refractivity contribution in [3.8, 4) is 0 Å². The highest BCUT2D eigenvalue weighted by Crippen LogP contribution is 2.21. The maximum atomic E-state index is 2.51. The third-order valence-electron chi connectivity index (χ3n) is 5.34. The van der Waals surface area contributed by atoms with Gasteiger partial charge in [0.1, 0.15) is 6.54 Å². The molecule has 0 fully saturated rings. The van der Waals surface area contributed by atoms with Crippen molar-refractivity contribution in [1.29, 1.82) is 0 Å². The third kappa shape index (κ3) is 9.35. The van der Waals surface area contributed by atoms with Gasteiger partial charge >= 0.3 is 0 Å². The van der Waals surface area contributed by atoms with Gasteiger partial charge in [-0.1, -0.05) is 65.2 Å². The molecule has 0 N–H and O–H groups in total. The fourth-order valence-corrected chi connectivity index (χ4v) is 3.59. The van der Waals surface area contributed by atoms with Gasteiger partial charge in [-0.2, -0.15) is 0 Å². The number of hydrogen-bond acceptors (Lipinski definition) is 0. The van der Waals surface area contributed by atoms with E-state index < -0.39 is 0 Å². The second kappa shape index (κ2) is 12.8. The van der Waals surface area contributed by atoms with Crippen molar-refractivity contribution in [2.45, 2.75) is 97.8 Å². The fourth-order valence-electron chi connectivity index (χ4n) is 3.59. The molecule has 0 aliphatic carbocycles. The lowest BCUT2D eigenvalue weighted by Crippen LogP contribution is -2.45. The van der Waals surface area contributed by atoms with Crippen molar-refractivity contribution in [3.05, 3.63) is 23.9 Å². The summed E-state index contributed by atoms with van der Waals surface area (Å²) in [6.45, 7) is 10.8. The molecule has 0 radical (unpaired) electrons. The van der Waals surface area contributed by atoms with E-state index in [1.165, 1.54) is 107 Å². The van der Waals surface area contributed by atoms with E-state index in [9.17, 15) is 0 Å². The van der Waals surface area contributed by atoms with Crippen molar-refractivity contribution < 1.29 is 4.48 Å². The van der Waals surface area contributed by atoms with Crippen molar-refractivity contribution in [3.63, 3.8) is 0 Å². The molecule has 0 spiro atoms. The van der Waals surface area contributed by atoms with Crippen molar-refractivity contribution in [2.24, 2.45) is 0 Å². The predicted octanol–water partition coefficient (Wildman–Crippen LogP) is 7.00. The molecular weight excluding hydrogens is 278 g/mol. The average Bonchev–Trinajstić information content (AvgIpc) is 2.57. The lowest BCUT2D eigenvalue weighted by atomic mass is 10.1. The Balaban J connectivity index is 2.29. The van der Waals surface area contributed by atoms with Crippen LogP contribution in [0.25, 0.3) is 0 Å². The second-order valence-corrected chi connectivity index (χ2v) is 7.65. The average molecular weight is 321 g/mol. The molecule has 23 heavy (non-hydrogen) atoms. The molecule has 1 heterocycles. The smallest absolute Gasteiger partial charge is 0.102 e. The summed E-state index contributed by atoms with van der Waals surface area (Å²) >= 11 is 0. The van der Waals surface area contributed by atoms with Crippen LogP contribution in [-0.2, 0) is 0 Å². The minimum atomic E-state index is 1.22. The maximum Gasteiger partial charge on any atom is 0.102 e. The minimum absolute atomic E-state index is 1.22. The summed E-state index contributed by atoms with van der Waals surface area (Å²) in [5.41, 5.74) is 1.45. The van der Waals surface area contributed by atoms with Gasteiger partial charge in [-0.25, -0.2) is 0 Å². The van der Waals surface area contributed by atoms with E-state index in [-0.39, 0.29) is 0 Å². The van der Waals surface area contributed by atoms with Crippen LogP contribution in [0.5, 0.6) is 0 Å². The van der Waals surface area contributed by atoms with Crippen LogP contribution in [0.3, 0.4) is 0 Å². The normalized spacial score (nSPS) is 16.6. The standard InChI is InChI=1S/C22H42N/c1-4-6-8-10-12-14-18-23(20-16-22(3)17-21-23)19-15-13-11-9-7-5-2/h16-17,20H,4-15,18-19,21H2,1-3H3/q+1. The van der Waals surface area contributed by atoms with E-state index >= 15 is 0 Å². The molecule has 1 aliphatic heterocycles. The second-order valence-electron chi connectivity index (χ2n) is 7.65. The predicted molar refractivity (Wildman–Crippen MR) is 105 cm³/mol. The van der Waals surface area contributed by atoms with Crippen LogP contribution in [0.4, 0.5) is 0 Å². The topological polar surface area (TPSA) is 0 Å².